The second kappa shape index (κ2) is 6.31. The molecule has 0 saturated carbocycles. The van der Waals surface area contributed by atoms with Gasteiger partial charge in [0.05, 0.1) is 12.3 Å². The number of ether oxygens (including phenoxy) is 1. The standard InChI is InChI=1S/C15H26N4O/c1-4-20-14-12(16)5-6-13(18-14)17-11-15(2)7-9-19(3)10-8-15/h5-6H,4,7-11,16H2,1-3H3,(H,17,18). The number of piperidine rings is 1. The average molecular weight is 278 g/mol. The minimum Gasteiger partial charge on any atom is -0.476 e. The van der Waals surface area contributed by atoms with Crippen molar-refractivity contribution < 1.29 is 4.74 Å². The Bertz CT molecular complexity index is 441. The van der Waals surface area contributed by atoms with Crippen LogP contribution >= 0.6 is 0 Å². The summed E-state index contributed by atoms with van der Waals surface area (Å²) in [4.78, 5) is 6.81. The number of hydrogen-bond donors (Lipinski definition) is 2. The number of rotatable bonds is 5. The molecule has 0 aromatic carbocycles. The highest BCUT2D eigenvalue weighted by molar-refractivity contribution is 5.53. The molecule has 0 atom stereocenters. The summed E-state index contributed by atoms with van der Waals surface area (Å²) >= 11 is 0. The van der Waals surface area contributed by atoms with Crippen molar-refractivity contribution >= 4 is 11.5 Å². The first-order chi connectivity index (χ1) is 9.52. The molecule has 0 aliphatic carbocycles. The lowest BCUT2D eigenvalue weighted by molar-refractivity contribution is 0.150. The number of nitrogen functional groups attached to an aromatic ring is 1. The van der Waals surface area contributed by atoms with E-state index in [-0.39, 0.29) is 0 Å². The number of nitrogens with zero attached hydrogens (tertiary/aromatic N) is 2. The summed E-state index contributed by atoms with van der Waals surface area (Å²) in [6.45, 7) is 8.11. The van der Waals surface area contributed by atoms with E-state index in [1.54, 1.807) is 0 Å². The lowest BCUT2D eigenvalue weighted by Gasteiger charge is -2.38. The zero-order valence-electron chi connectivity index (χ0n) is 12.8. The molecule has 3 N–H and O–H groups in total. The summed E-state index contributed by atoms with van der Waals surface area (Å²) in [5.41, 5.74) is 6.76. The van der Waals surface area contributed by atoms with Crippen molar-refractivity contribution in [2.45, 2.75) is 26.7 Å². The van der Waals surface area contributed by atoms with E-state index >= 15 is 0 Å². The molecule has 1 fully saturated rings. The molecule has 1 aliphatic heterocycles. The highest BCUT2D eigenvalue weighted by Crippen LogP contribution is 2.31. The van der Waals surface area contributed by atoms with Crippen LogP contribution in [0.4, 0.5) is 11.5 Å². The van der Waals surface area contributed by atoms with E-state index in [4.69, 9.17) is 10.5 Å². The van der Waals surface area contributed by atoms with Gasteiger partial charge in [-0.1, -0.05) is 6.92 Å². The molecule has 1 aromatic heterocycles. The first-order valence-corrected chi connectivity index (χ1v) is 7.34. The fourth-order valence-corrected chi connectivity index (χ4v) is 2.44. The minimum atomic E-state index is 0.335. The van der Waals surface area contributed by atoms with Gasteiger partial charge in [-0.2, -0.15) is 4.98 Å². The molecular formula is C15H26N4O. The molecule has 1 aromatic rings. The summed E-state index contributed by atoms with van der Waals surface area (Å²) < 4.78 is 5.43. The smallest absolute Gasteiger partial charge is 0.239 e. The van der Waals surface area contributed by atoms with Gasteiger partial charge >= 0.3 is 0 Å². The van der Waals surface area contributed by atoms with E-state index in [0.29, 0.717) is 23.6 Å². The lowest BCUT2D eigenvalue weighted by Crippen LogP contribution is -2.40. The molecule has 0 radical (unpaired) electrons. The van der Waals surface area contributed by atoms with Crippen molar-refractivity contribution in [2.24, 2.45) is 5.41 Å². The maximum atomic E-state index is 5.83. The molecule has 2 heterocycles. The summed E-state index contributed by atoms with van der Waals surface area (Å²) in [6.07, 6.45) is 2.42. The van der Waals surface area contributed by atoms with Crippen LogP contribution < -0.4 is 15.8 Å². The highest BCUT2D eigenvalue weighted by atomic mass is 16.5. The number of anilines is 2. The van der Waals surface area contributed by atoms with E-state index in [9.17, 15) is 0 Å². The van der Waals surface area contributed by atoms with Crippen LogP contribution in [0.25, 0.3) is 0 Å². The molecule has 0 spiro atoms. The number of nitrogens with one attached hydrogen (secondary N) is 1. The van der Waals surface area contributed by atoms with Crippen LogP contribution in [0.5, 0.6) is 5.88 Å². The molecule has 112 valence electrons. The Balaban J connectivity index is 1.95. The predicted octanol–water partition coefficient (Wildman–Crippen LogP) is 2.21. The Morgan fingerprint density at radius 3 is 2.75 bits per heavy atom. The SMILES string of the molecule is CCOc1nc(NCC2(C)CCN(C)CC2)ccc1N. The van der Waals surface area contributed by atoms with Crippen molar-refractivity contribution in [3.8, 4) is 5.88 Å². The second-order valence-electron chi connectivity index (χ2n) is 5.99. The van der Waals surface area contributed by atoms with Crippen LogP contribution in [0.3, 0.4) is 0 Å². The van der Waals surface area contributed by atoms with E-state index in [1.807, 2.05) is 19.1 Å². The third kappa shape index (κ3) is 3.76. The van der Waals surface area contributed by atoms with Crippen LogP contribution in [0.2, 0.25) is 0 Å². The predicted molar refractivity (Wildman–Crippen MR) is 83.1 cm³/mol. The molecule has 2 rings (SSSR count). The zero-order valence-corrected chi connectivity index (χ0v) is 12.8. The number of aromatic nitrogens is 1. The van der Waals surface area contributed by atoms with Gasteiger partial charge in [0.25, 0.3) is 0 Å². The molecule has 1 aliphatic rings. The molecule has 0 bridgehead atoms. The monoisotopic (exact) mass is 278 g/mol. The van der Waals surface area contributed by atoms with Gasteiger partial charge in [0.1, 0.15) is 5.82 Å². The number of likely N-dealkylation sites (tertiary alicyclic amines) is 1. The molecule has 20 heavy (non-hydrogen) atoms. The van der Waals surface area contributed by atoms with Crippen molar-refractivity contribution in [3.05, 3.63) is 12.1 Å². The Labute approximate surface area is 121 Å². The van der Waals surface area contributed by atoms with Crippen molar-refractivity contribution in [1.29, 1.82) is 0 Å². The van der Waals surface area contributed by atoms with Crippen LogP contribution in [-0.2, 0) is 0 Å². The topological polar surface area (TPSA) is 63.4 Å². The van der Waals surface area contributed by atoms with E-state index < -0.39 is 0 Å². The third-order valence-electron chi connectivity index (χ3n) is 4.06. The second-order valence-corrected chi connectivity index (χ2v) is 5.99. The number of pyridine rings is 1. The number of nitrogens with two attached hydrogens (primary N) is 1. The maximum Gasteiger partial charge on any atom is 0.239 e. The molecule has 5 nitrogen and oxygen atoms in total. The first kappa shape index (κ1) is 14.9. The van der Waals surface area contributed by atoms with Crippen molar-refractivity contribution in [2.75, 3.05) is 44.3 Å². The highest BCUT2D eigenvalue weighted by Gasteiger charge is 2.28. The van der Waals surface area contributed by atoms with E-state index in [2.05, 4.69) is 29.2 Å². The average Bonchev–Trinajstić information content (AvgIpc) is 2.44. The lowest BCUT2D eigenvalue weighted by atomic mass is 9.80. The number of hydrogen-bond acceptors (Lipinski definition) is 5. The Hall–Kier alpha value is -1.49. The normalized spacial score (nSPS) is 18.8. The van der Waals surface area contributed by atoms with Gasteiger partial charge in [-0.05, 0) is 57.5 Å². The molecule has 5 heteroatoms. The van der Waals surface area contributed by atoms with Crippen LogP contribution in [0, 0.1) is 5.41 Å². The van der Waals surface area contributed by atoms with Crippen molar-refractivity contribution in [3.63, 3.8) is 0 Å². The van der Waals surface area contributed by atoms with Gasteiger partial charge < -0.3 is 20.7 Å². The van der Waals surface area contributed by atoms with Gasteiger partial charge in [0.2, 0.25) is 5.88 Å². The minimum absolute atomic E-state index is 0.335. The Morgan fingerprint density at radius 1 is 1.40 bits per heavy atom. The fourth-order valence-electron chi connectivity index (χ4n) is 2.44. The van der Waals surface area contributed by atoms with Crippen molar-refractivity contribution in [1.82, 2.24) is 9.88 Å². The molecule has 0 amide bonds. The molecule has 1 saturated heterocycles. The van der Waals surface area contributed by atoms with Gasteiger partial charge in [-0.15, -0.1) is 0 Å². The fraction of sp³-hybridized carbons (Fsp3) is 0.667. The largest absolute Gasteiger partial charge is 0.476 e. The molecular weight excluding hydrogens is 252 g/mol. The summed E-state index contributed by atoms with van der Waals surface area (Å²) in [7, 11) is 2.18. The van der Waals surface area contributed by atoms with Gasteiger partial charge in [-0.3, -0.25) is 0 Å². The van der Waals surface area contributed by atoms with Gasteiger partial charge in [0, 0.05) is 6.54 Å². The van der Waals surface area contributed by atoms with Crippen LogP contribution in [-0.4, -0.2) is 43.2 Å². The van der Waals surface area contributed by atoms with Crippen LogP contribution in [0.15, 0.2) is 12.1 Å². The van der Waals surface area contributed by atoms with Crippen LogP contribution in [0.1, 0.15) is 26.7 Å². The Kier molecular flexibility index (Phi) is 4.70. The molecule has 0 unspecified atom stereocenters. The summed E-state index contributed by atoms with van der Waals surface area (Å²) in [5, 5.41) is 3.43. The maximum absolute atomic E-state index is 5.83. The summed E-state index contributed by atoms with van der Waals surface area (Å²) in [6, 6.07) is 3.76. The van der Waals surface area contributed by atoms with E-state index in [0.717, 1.165) is 25.5 Å². The Morgan fingerprint density at radius 2 is 2.10 bits per heavy atom. The zero-order chi connectivity index (χ0) is 14.6. The van der Waals surface area contributed by atoms with E-state index in [1.165, 1.54) is 12.8 Å². The first-order valence-electron chi connectivity index (χ1n) is 7.34. The van der Waals surface area contributed by atoms with Gasteiger partial charge in [0.15, 0.2) is 0 Å². The van der Waals surface area contributed by atoms with Gasteiger partial charge in [-0.25, -0.2) is 0 Å². The quantitative estimate of drug-likeness (QED) is 0.864. The third-order valence-corrected chi connectivity index (χ3v) is 4.06. The summed E-state index contributed by atoms with van der Waals surface area (Å²) in [5.74, 6) is 1.36.